The first-order valence-electron chi connectivity index (χ1n) is 6.15. The average Bonchev–Trinajstić information content (AvgIpc) is 2.08. The molecule has 1 aliphatic heterocycles. The van der Waals surface area contributed by atoms with Crippen LogP contribution in [0, 0.1) is 5.41 Å². The Kier molecular flexibility index (Phi) is 4.71. The summed E-state index contributed by atoms with van der Waals surface area (Å²) in [5.41, 5.74) is 2.02. The van der Waals surface area contributed by atoms with Gasteiger partial charge in [-0.25, -0.2) is 0 Å². The SMILES string of the molecule is CC(C(=O)NCC(O)CC(C)(C)C)=C1CNC1. The van der Waals surface area contributed by atoms with Crippen LogP contribution < -0.4 is 10.6 Å². The fourth-order valence-electron chi connectivity index (χ4n) is 1.80. The van der Waals surface area contributed by atoms with E-state index in [9.17, 15) is 9.90 Å². The van der Waals surface area contributed by atoms with Crippen molar-refractivity contribution in [2.24, 2.45) is 5.41 Å². The lowest BCUT2D eigenvalue weighted by Gasteiger charge is -2.24. The van der Waals surface area contributed by atoms with Crippen molar-refractivity contribution in [3.05, 3.63) is 11.1 Å². The van der Waals surface area contributed by atoms with Gasteiger partial charge in [-0.2, -0.15) is 0 Å². The summed E-state index contributed by atoms with van der Waals surface area (Å²) in [6.07, 6.45) is 0.209. The predicted molar refractivity (Wildman–Crippen MR) is 68.7 cm³/mol. The van der Waals surface area contributed by atoms with Gasteiger partial charge in [0.25, 0.3) is 0 Å². The lowest BCUT2D eigenvalue weighted by atomic mass is 9.89. The van der Waals surface area contributed by atoms with Crippen LogP contribution in [0.4, 0.5) is 0 Å². The molecule has 1 aliphatic rings. The van der Waals surface area contributed by atoms with Gasteiger partial charge in [-0.05, 0) is 24.3 Å². The maximum absolute atomic E-state index is 11.7. The molecule has 4 nitrogen and oxygen atoms in total. The summed E-state index contributed by atoms with van der Waals surface area (Å²) in [6, 6.07) is 0. The standard InChI is InChI=1S/C13H24N2O2/c1-9(10-6-14-7-10)12(17)15-8-11(16)5-13(2,3)4/h11,14,16H,5-8H2,1-4H3,(H,15,17). The van der Waals surface area contributed by atoms with E-state index in [4.69, 9.17) is 0 Å². The zero-order valence-corrected chi connectivity index (χ0v) is 11.3. The molecule has 0 radical (unpaired) electrons. The number of nitrogens with one attached hydrogen (secondary N) is 2. The second-order valence-corrected chi connectivity index (χ2v) is 5.96. The molecular formula is C13H24N2O2. The fourth-order valence-corrected chi connectivity index (χ4v) is 1.80. The third-order valence-corrected chi connectivity index (χ3v) is 2.89. The van der Waals surface area contributed by atoms with E-state index >= 15 is 0 Å². The molecule has 0 saturated carbocycles. The lowest BCUT2D eigenvalue weighted by molar-refractivity contribution is -0.118. The minimum absolute atomic E-state index is 0.0607. The van der Waals surface area contributed by atoms with Crippen molar-refractivity contribution in [2.45, 2.75) is 40.2 Å². The monoisotopic (exact) mass is 240 g/mol. The zero-order valence-electron chi connectivity index (χ0n) is 11.3. The molecule has 0 aromatic rings. The predicted octanol–water partition coefficient (Wildman–Crippen LogP) is 0.819. The molecule has 3 N–H and O–H groups in total. The minimum Gasteiger partial charge on any atom is -0.391 e. The molecule has 1 amide bonds. The second-order valence-electron chi connectivity index (χ2n) is 5.96. The Hall–Kier alpha value is -0.870. The highest BCUT2D eigenvalue weighted by atomic mass is 16.3. The van der Waals surface area contributed by atoms with Crippen LogP contribution in [0.1, 0.15) is 34.1 Å². The lowest BCUT2D eigenvalue weighted by Crippen LogP contribution is -2.39. The molecule has 17 heavy (non-hydrogen) atoms. The van der Waals surface area contributed by atoms with Crippen LogP contribution in [0.5, 0.6) is 0 Å². The first-order chi connectivity index (χ1) is 7.79. The number of hydrogen-bond acceptors (Lipinski definition) is 3. The molecule has 1 fully saturated rings. The molecule has 4 heteroatoms. The Bertz CT molecular complexity index is 310. The molecule has 0 aromatic carbocycles. The van der Waals surface area contributed by atoms with Crippen molar-refractivity contribution in [3.8, 4) is 0 Å². The molecule has 1 rings (SSSR count). The van der Waals surface area contributed by atoms with Gasteiger partial charge < -0.3 is 15.7 Å². The quantitative estimate of drug-likeness (QED) is 0.638. The Morgan fingerprint density at radius 1 is 1.47 bits per heavy atom. The Morgan fingerprint density at radius 2 is 2.06 bits per heavy atom. The molecule has 1 heterocycles. The van der Waals surface area contributed by atoms with Gasteiger partial charge >= 0.3 is 0 Å². The summed E-state index contributed by atoms with van der Waals surface area (Å²) in [5, 5.41) is 15.7. The third-order valence-electron chi connectivity index (χ3n) is 2.89. The molecule has 1 unspecified atom stereocenters. The van der Waals surface area contributed by atoms with Crippen molar-refractivity contribution in [2.75, 3.05) is 19.6 Å². The highest BCUT2D eigenvalue weighted by molar-refractivity contribution is 5.93. The van der Waals surface area contributed by atoms with Gasteiger partial charge in [0, 0.05) is 25.2 Å². The summed E-state index contributed by atoms with van der Waals surface area (Å²) in [4.78, 5) is 11.7. The van der Waals surface area contributed by atoms with E-state index in [1.54, 1.807) is 0 Å². The van der Waals surface area contributed by atoms with Crippen molar-refractivity contribution in [3.63, 3.8) is 0 Å². The molecule has 1 atom stereocenters. The van der Waals surface area contributed by atoms with Crippen LogP contribution in [-0.4, -0.2) is 36.8 Å². The molecule has 0 aliphatic carbocycles. The first kappa shape index (κ1) is 14.2. The number of aliphatic hydroxyl groups is 1. The minimum atomic E-state index is -0.476. The second kappa shape index (κ2) is 5.65. The fraction of sp³-hybridized carbons (Fsp3) is 0.769. The van der Waals surface area contributed by atoms with Gasteiger partial charge in [-0.1, -0.05) is 20.8 Å². The summed E-state index contributed by atoms with van der Waals surface area (Å²) < 4.78 is 0. The summed E-state index contributed by atoms with van der Waals surface area (Å²) >= 11 is 0. The molecular weight excluding hydrogens is 216 g/mol. The highest BCUT2D eigenvalue weighted by Gasteiger charge is 2.19. The van der Waals surface area contributed by atoms with Crippen LogP contribution in [0.3, 0.4) is 0 Å². The van der Waals surface area contributed by atoms with Gasteiger partial charge in [0.1, 0.15) is 0 Å². The number of rotatable bonds is 4. The normalized spacial score (nSPS) is 17.4. The highest BCUT2D eigenvalue weighted by Crippen LogP contribution is 2.20. The van der Waals surface area contributed by atoms with Crippen LogP contribution >= 0.6 is 0 Å². The van der Waals surface area contributed by atoms with E-state index < -0.39 is 6.10 Å². The Morgan fingerprint density at radius 3 is 2.47 bits per heavy atom. The summed E-state index contributed by atoms with van der Waals surface area (Å²) in [6.45, 7) is 10.0. The summed E-state index contributed by atoms with van der Waals surface area (Å²) in [7, 11) is 0. The van der Waals surface area contributed by atoms with E-state index in [-0.39, 0.29) is 11.3 Å². The van der Waals surface area contributed by atoms with Crippen molar-refractivity contribution in [1.82, 2.24) is 10.6 Å². The van der Waals surface area contributed by atoms with E-state index in [1.807, 2.05) is 6.92 Å². The maximum Gasteiger partial charge on any atom is 0.247 e. The molecule has 0 bridgehead atoms. The number of hydrogen-bond donors (Lipinski definition) is 3. The zero-order chi connectivity index (χ0) is 13.1. The number of carbonyl (C=O) groups excluding carboxylic acids is 1. The van der Waals surface area contributed by atoms with Crippen molar-refractivity contribution < 1.29 is 9.90 Å². The van der Waals surface area contributed by atoms with Crippen molar-refractivity contribution in [1.29, 1.82) is 0 Å². The Balaban J connectivity index is 2.33. The topological polar surface area (TPSA) is 61.4 Å². The van der Waals surface area contributed by atoms with Crippen LogP contribution in [0.15, 0.2) is 11.1 Å². The van der Waals surface area contributed by atoms with Crippen LogP contribution in [0.2, 0.25) is 0 Å². The largest absolute Gasteiger partial charge is 0.391 e. The summed E-state index contributed by atoms with van der Waals surface area (Å²) in [5.74, 6) is -0.0607. The molecule has 0 spiro atoms. The van der Waals surface area contributed by atoms with E-state index in [1.165, 1.54) is 0 Å². The van der Waals surface area contributed by atoms with Crippen molar-refractivity contribution >= 4 is 5.91 Å². The average molecular weight is 240 g/mol. The molecule has 98 valence electrons. The van der Waals surface area contributed by atoms with Crippen LogP contribution in [-0.2, 0) is 4.79 Å². The van der Waals surface area contributed by atoms with E-state index in [0.717, 1.165) is 24.2 Å². The third kappa shape index (κ3) is 4.88. The molecule has 0 aromatic heterocycles. The van der Waals surface area contributed by atoms with Crippen LogP contribution in [0.25, 0.3) is 0 Å². The van der Waals surface area contributed by atoms with E-state index in [0.29, 0.717) is 13.0 Å². The number of amides is 1. The van der Waals surface area contributed by atoms with Gasteiger partial charge in [-0.3, -0.25) is 4.79 Å². The maximum atomic E-state index is 11.7. The van der Waals surface area contributed by atoms with Gasteiger partial charge in [0.15, 0.2) is 0 Å². The van der Waals surface area contributed by atoms with Gasteiger partial charge in [0.2, 0.25) is 5.91 Å². The number of carbonyl (C=O) groups is 1. The first-order valence-corrected chi connectivity index (χ1v) is 6.15. The van der Waals surface area contributed by atoms with E-state index in [2.05, 4.69) is 31.4 Å². The molecule has 1 saturated heterocycles. The number of aliphatic hydroxyl groups excluding tert-OH is 1. The van der Waals surface area contributed by atoms with Gasteiger partial charge in [0.05, 0.1) is 6.10 Å². The van der Waals surface area contributed by atoms with Gasteiger partial charge in [-0.15, -0.1) is 0 Å². The smallest absolute Gasteiger partial charge is 0.247 e. The Labute approximate surface area is 103 Å².